The molecule has 3 aromatic heterocycles. The topological polar surface area (TPSA) is 73.1 Å². The third-order valence-electron chi connectivity index (χ3n) is 4.93. The number of hydrogen-bond acceptors (Lipinski definition) is 6. The third-order valence-corrected chi connectivity index (χ3v) is 4.93. The molecule has 0 amide bonds. The highest BCUT2D eigenvalue weighted by molar-refractivity contribution is 5.87. The van der Waals surface area contributed by atoms with Crippen LogP contribution < -0.4 is 0 Å². The van der Waals surface area contributed by atoms with Crippen LogP contribution in [0.25, 0.3) is 22.0 Å². The molecule has 7 heteroatoms. The minimum atomic E-state index is 0.161. The zero-order valence-electron chi connectivity index (χ0n) is 16.5. The maximum Gasteiger partial charge on any atom is 0.152 e. The number of carbonyl (C=O) groups excluding carboxylic acids is 1. The van der Waals surface area contributed by atoms with Crippen molar-refractivity contribution in [2.24, 2.45) is 7.05 Å². The van der Waals surface area contributed by atoms with Crippen molar-refractivity contribution >= 4 is 16.6 Å². The normalized spacial score (nSPS) is 20.5. The Hall–Kier alpha value is -2.64. The van der Waals surface area contributed by atoms with Crippen molar-refractivity contribution in [3.8, 4) is 11.3 Å². The Balaban J connectivity index is 1.48. The average molecular weight is 379 g/mol. The number of Topliss-reactive ketones (excluding diaryl/α,β-unsaturated/α-hetero) is 1. The lowest BCUT2D eigenvalue weighted by molar-refractivity contribution is -0.123. The van der Waals surface area contributed by atoms with Crippen LogP contribution in [-0.2, 0) is 23.0 Å². The first-order chi connectivity index (χ1) is 13.5. The van der Waals surface area contributed by atoms with Gasteiger partial charge in [0.05, 0.1) is 37.1 Å². The summed E-state index contributed by atoms with van der Waals surface area (Å²) in [5.74, 6) is 0.176. The molecule has 2 atom stereocenters. The van der Waals surface area contributed by atoms with Gasteiger partial charge in [0.2, 0.25) is 0 Å². The molecule has 1 fully saturated rings. The predicted octanol–water partition coefficient (Wildman–Crippen LogP) is 2.25. The van der Waals surface area contributed by atoms with Gasteiger partial charge in [0.1, 0.15) is 0 Å². The Kier molecular flexibility index (Phi) is 5.19. The van der Waals surface area contributed by atoms with Crippen molar-refractivity contribution in [2.75, 3.05) is 19.6 Å². The number of aromatic nitrogens is 4. The molecule has 0 radical (unpaired) electrons. The Bertz CT molecular complexity index is 989. The minimum Gasteiger partial charge on any atom is -0.373 e. The Morgan fingerprint density at radius 1 is 1.11 bits per heavy atom. The van der Waals surface area contributed by atoms with Crippen LogP contribution in [0.2, 0.25) is 0 Å². The summed E-state index contributed by atoms with van der Waals surface area (Å²) in [5, 5.41) is 6.19. The van der Waals surface area contributed by atoms with E-state index < -0.39 is 0 Å². The van der Waals surface area contributed by atoms with E-state index in [0.717, 1.165) is 40.8 Å². The van der Waals surface area contributed by atoms with Crippen molar-refractivity contribution in [1.82, 2.24) is 24.6 Å². The molecule has 3 aromatic rings. The van der Waals surface area contributed by atoms with Gasteiger partial charge in [0, 0.05) is 55.4 Å². The van der Waals surface area contributed by atoms with Gasteiger partial charge >= 0.3 is 0 Å². The molecule has 7 nitrogen and oxygen atoms in total. The molecule has 146 valence electrons. The molecule has 1 saturated heterocycles. The maximum atomic E-state index is 12.6. The van der Waals surface area contributed by atoms with Gasteiger partial charge in [-0.15, -0.1) is 0 Å². The smallest absolute Gasteiger partial charge is 0.152 e. The lowest BCUT2D eigenvalue weighted by atomic mass is 10.1. The molecule has 0 aliphatic carbocycles. The van der Waals surface area contributed by atoms with Gasteiger partial charge in [-0.2, -0.15) is 5.10 Å². The van der Waals surface area contributed by atoms with E-state index in [2.05, 4.69) is 20.0 Å². The Morgan fingerprint density at radius 2 is 1.86 bits per heavy atom. The van der Waals surface area contributed by atoms with E-state index in [0.29, 0.717) is 13.0 Å². The number of aryl methyl sites for hydroxylation is 1. The highest BCUT2D eigenvalue weighted by Gasteiger charge is 2.23. The van der Waals surface area contributed by atoms with Gasteiger partial charge in [0.25, 0.3) is 0 Å². The summed E-state index contributed by atoms with van der Waals surface area (Å²) in [6, 6.07) is 4.01. The monoisotopic (exact) mass is 379 g/mol. The fourth-order valence-electron chi connectivity index (χ4n) is 3.81. The molecule has 4 heterocycles. The summed E-state index contributed by atoms with van der Waals surface area (Å²) in [6.07, 6.45) is 7.99. The van der Waals surface area contributed by atoms with Gasteiger partial charge in [-0.1, -0.05) is 0 Å². The maximum absolute atomic E-state index is 12.6. The van der Waals surface area contributed by atoms with Crippen LogP contribution >= 0.6 is 0 Å². The zero-order valence-corrected chi connectivity index (χ0v) is 16.5. The van der Waals surface area contributed by atoms with Crippen molar-refractivity contribution in [1.29, 1.82) is 0 Å². The van der Waals surface area contributed by atoms with Crippen molar-refractivity contribution in [3.63, 3.8) is 0 Å². The molecule has 0 N–H and O–H groups in total. The number of fused-ring (bicyclic) bond motifs is 1. The Morgan fingerprint density at radius 3 is 2.57 bits per heavy atom. The van der Waals surface area contributed by atoms with Gasteiger partial charge in [0.15, 0.2) is 5.78 Å². The molecular formula is C21H25N5O2. The van der Waals surface area contributed by atoms with E-state index >= 15 is 0 Å². The fourth-order valence-corrected chi connectivity index (χ4v) is 3.81. The van der Waals surface area contributed by atoms with Gasteiger partial charge in [-0.05, 0) is 31.4 Å². The van der Waals surface area contributed by atoms with Crippen LogP contribution in [0.5, 0.6) is 0 Å². The second kappa shape index (κ2) is 7.77. The number of rotatable bonds is 5. The quantitative estimate of drug-likeness (QED) is 0.677. The molecule has 4 rings (SSSR count). The highest BCUT2D eigenvalue weighted by Crippen LogP contribution is 2.22. The molecule has 28 heavy (non-hydrogen) atoms. The van der Waals surface area contributed by atoms with Crippen LogP contribution in [0.1, 0.15) is 19.5 Å². The fraction of sp³-hybridized carbons (Fsp3) is 0.429. The number of pyridine rings is 2. The minimum absolute atomic E-state index is 0.161. The number of nitrogens with zero attached hydrogens (tertiary/aromatic N) is 5. The summed E-state index contributed by atoms with van der Waals surface area (Å²) in [6.45, 7) is 6.12. The molecule has 0 bridgehead atoms. The predicted molar refractivity (Wildman–Crippen MR) is 107 cm³/mol. The summed E-state index contributed by atoms with van der Waals surface area (Å²) in [5.41, 5.74) is 2.62. The second-order valence-corrected chi connectivity index (χ2v) is 7.66. The average Bonchev–Trinajstić information content (AvgIpc) is 3.06. The third kappa shape index (κ3) is 4.26. The standard InChI is InChI=1S/C21H25N5O2/c1-14-10-26(11-15(2)28-14)13-20(27)6-19-4-16-5-21(18-9-24-25(3)12-18)23-8-17(16)7-22-19/h4-5,7-9,12,14-15H,6,10-11,13H2,1-3H3/t14-,15+. The number of hydrogen-bond donors (Lipinski definition) is 0. The van der Waals surface area contributed by atoms with Crippen molar-refractivity contribution in [3.05, 3.63) is 42.6 Å². The molecular weight excluding hydrogens is 354 g/mol. The zero-order chi connectivity index (χ0) is 19.7. The summed E-state index contributed by atoms with van der Waals surface area (Å²) in [4.78, 5) is 23.7. The lowest BCUT2D eigenvalue weighted by Gasteiger charge is -2.34. The molecule has 1 aliphatic rings. The van der Waals surface area contributed by atoms with Gasteiger partial charge < -0.3 is 4.74 Å². The number of ketones is 1. The first-order valence-electron chi connectivity index (χ1n) is 9.59. The first-order valence-corrected chi connectivity index (χ1v) is 9.59. The van der Waals surface area contributed by atoms with Crippen molar-refractivity contribution in [2.45, 2.75) is 32.5 Å². The van der Waals surface area contributed by atoms with Gasteiger partial charge in [-0.25, -0.2) is 0 Å². The first kappa shape index (κ1) is 18.7. The van der Waals surface area contributed by atoms with E-state index in [1.54, 1.807) is 17.1 Å². The lowest BCUT2D eigenvalue weighted by Crippen LogP contribution is -2.47. The number of morpholine rings is 1. The van der Waals surface area contributed by atoms with E-state index in [9.17, 15) is 4.79 Å². The molecule has 0 saturated carbocycles. The van der Waals surface area contributed by atoms with Gasteiger partial charge in [-0.3, -0.25) is 24.3 Å². The molecule has 0 aromatic carbocycles. The van der Waals surface area contributed by atoms with E-state index in [4.69, 9.17) is 4.74 Å². The summed E-state index contributed by atoms with van der Waals surface area (Å²) >= 11 is 0. The van der Waals surface area contributed by atoms with Crippen LogP contribution in [0.3, 0.4) is 0 Å². The highest BCUT2D eigenvalue weighted by atomic mass is 16.5. The number of ether oxygens (including phenoxy) is 1. The number of carbonyl (C=O) groups is 1. The van der Waals surface area contributed by atoms with Crippen LogP contribution in [-0.4, -0.2) is 62.3 Å². The molecule has 1 aliphatic heterocycles. The SMILES string of the molecule is C[C@@H]1CN(CC(=O)Cc2cc3cc(-c4cnn(C)c4)ncc3cn2)C[C@H](C)O1. The second-order valence-electron chi connectivity index (χ2n) is 7.66. The largest absolute Gasteiger partial charge is 0.373 e. The van der Waals surface area contributed by atoms with Crippen LogP contribution in [0.4, 0.5) is 0 Å². The molecule has 0 unspecified atom stereocenters. The summed E-state index contributed by atoms with van der Waals surface area (Å²) in [7, 11) is 1.88. The van der Waals surface area contributed by atoms with E-state index in [-0.39, 0.29) is 18.0 Å². The summed E-state index contributed by atoms with van der Waals surface area (Å²) < 4.78 is 7.49. The van der Waals surface area contributed by atoms with Crippen molar-refractivity contribution < 1.29 is 9.53 Å². The van der Waals surface area contributed by atoms with Crippen LogP contribution in [0, 0.1) is 0 Å². The van der Waals surface area contributed by atoms with E-state index in [1.165, 1.54) is 0 Å². The molecule has 0 spiro atoms. The van der Waals surface area contributed by atoms with E-state index in [1.807, 2.05) is 45.4 Å². The van der Waals surface area contributed by atoms with Crippen LogP contribution in [0.15, 0.2) is 36.9 Å². The Labute approximate surface area is 164 Å².